The van der Waals surface area contributed by atoms with E-state index in [0.29, 0.717) is 52.1 Å². The van der Waals surface area contributed by atoms with Crippen molar-refractivity contribution in [2.24, 2.45) is 5.73 Å². The molecule has 0 aromatic heterocycles. The van der Waals surface area contributed by atoms with Crippen molar-refractivity contribution in [2.75, 3.05) is 74.1 Å². The molecule has 0 bridgehead atoms. The molecule has 0 radical (unpaired) electrons. The van der Waals surface area contributed by atoms with Gasteiger partial charge in [-0.05, 0) is 70.9 Å². The van der Waals surface area contributed by atoms with Gasteiger partial charge in [0.1, 0.15) is 31.4 Å². The van der Waals surface area contributed by atoms with Gasteiger partial charge >= 0.3 is 23.6 Å². The van der Waals surface area contributed by atoms with Crippen LogP contribution < -0.4 is 34.5 Å². The highest BCUT2D eigenvalue weighted by Crippen LogP contribution is 2.05. The molecule has 362 valence electrons. The zero-order valence-corrected chi connectivity index (χ0v) is 40.6. The number of ether oxygens (including phenoxy) is 4. The molecule has 7 N–H and O–H groups in total. The lowest BCUT2D eigenvalue weighted by atomic mass is 10.2. The highest BCUT2D eigenvalue weighted by molar-refractivity contribution is 6.61. The predicted molar refractivity (Wildman–Crippen MR) is 248 cm³/mol. The lowest BCUT2D eigenvalue weighted by molar-refractivity contribution is -0.367. The number of nitrogens with zero attached hydrogens (tertiary/aromatic N) is 2. The normalized spacial score (nSPS) is 9.17. The summed E-state index contributed by atoms with van der Waals surface area (Å²) in [5.41, 5.74) is 10.9. The molecule has 18 heteroatoms. The Morgan fingerprint density at radius 1 is 0.609 bits per heavy atom. The summed E-state index contributed by atoms with van der Waals surface area (Å²) in [6.07, 6.45) is 2.18. The number of ketones is 2. The van der Waals surface area contributed by atoms with Crippen LogP contribution in [0.1, 0.15) is 70.1 Å². The van der Waals surface area contributed by atoms with Gasteiger partial charge in [-0.3, -0.25) is 4.79 Å². The number of esters is 1. The number of halogens is 2. The second-order valence-electron chi connectivity index (χ2n) is 13.3. The number of hydrogen-bond acceptors (Lipinski definition) is 13. The van der Waals surface area contributed by atoms with Crippen molar-refractivity contribution in [3.05, 3.63) is 108 Å². The lowest BCUT2D eigenvalue weighted by Gasteiger charge is -2.16. The minimum absolute atomic E-state index is 0. The van der Waals surface area contributed by atoms with Crippen LogP contribution in [0.25, 0.3) is 0 Å². The van der Waals surface area contributed by atoms with Crippen LogP contribution >= 0.6 is 11.6 Å². The van der Waals surface area contributed by atoms with Gasteiger partial charge in [-0.15, -0.1) is 0 Å². The van der Waals surface area contributed by atoms with Crippen molar-refractivity contribution in [3.63, 3.8) is 0 Å². The summed E-state index contributed by atoms with van der Waals surface area (Å²) in [5, 5.41) is 5.86. The van der Waals surface area contributed by atoms with Crippen LogP contribution in [0.3, 0.4) is 0 Å². The molecule has 0 saturated carbocycles. The Hall–Kier alpha value is -5.10. The van der Waals surface area contributed by atoms with E-state index in [0.717, 1.165) is 42.7 Å². The summed E-state index contributed by atoms with van der Waals surface area (Å²) >= 11 is 4.97. The van der Waals surface area contributed by atoms with Crippen LogP contribution in [0.15, 0.2) is 91.0 Å². The molecular weight excluding hydrogens is 867 g/mol. The molecule has 16 nitrogen and oxygen atoms in total. The van der Waals surface area contributed by atoms with Gasteiger partial charge in [0.2, 0.25) is 0 Å². The summed E-state index contributed by atoms with van der Waals surface area (Å²) in [4.78, 5) is 67.1. The van der Waals surface area contributed by atoms with Gasteiger partial charge in [-0.1, -0.05) is 91.0 Å². The van der Waals surface area contributed by atoms with E-state index in [4.69, 9.17) is 26.8 Å². The molecular formula is C46H74Cl2N6O10. The number of amides is 2. The van der Waals surface area contributed by atoms with Crippen LogP contribution in [0.2, 0.25) is 0 Å². The maximum absolute atomic E-state index is 11.6. The standard InChI is InChI=1S/C14H19NO3.C11H16N2O2.C8H7ClO2.C6H13NO.C4H8O2.C3H10N2.ClH/c1-12(16)7-6-10-15(2)14(17)18-11-13-8-4-3-5-9-13;1-13(8-7-12)11(14)15-9-10-5-3-2-4-6-10;9-8(10)11-6-7-4-2-1-3-5-7;1-6(8)4-3-5-7-2;1-3-6-4(2)5;1-5-3-2-4;/h3-5,8-9H,6-7,10-11H2,1-2H3;2-6H,7-9,12H2,1H3;1-5H,6H2;7H,3-5H2,1-2H3;3H2,1-2H3;5H,2-4H2,1H3;1H. The van der Waals surface area contributed by atoms with Crippen LogP contribution in [-0.2, 0) is 53.2 Å². The molecule has 3 rings (SSSR count). The largest absolute Gasteiger partial charge is 1.00 e. The van der Waals surface area contributed by atoms with Gasteiger partial charge < -0.3 is 72.8 Å². The Balaban J connectivity index is -0.000000355. The Morgan fingerprint density at radius 2 is 0.984 bits per heavy atom. The number of nitrogens with two attached hydrogens (primary N) is 1. The fraction of sp³-hybridized carbons (Fsp3) is 0.478. The highest BCUT2D eigenvalue weighted by Gasteiger charge is 2.10. The summed E-state index contributed by atoms with van der Waals surface area (Å²) in [6.45, 7) is 12.1. The van der Waals surface area contributed by atoms with E-state index < -0.39 is 5.43 Å². The van der Waals surface area contributed by atoms with Crippen molar-refractivity contribution in [1.29, 1.82) is 0 Å². The van der Waals surface area contributed by atoms with Gasteiger partial charge in [0.05, 0.1) is 19.7 Å². The molecule has 0 heterocycles. The minimum Gasteiger partial charge on any atom is -1.00 e. The minimum atomic E-state index is -0.770. The number of quaternary nitrogens is 1. The maximum Gasteiger partial charge on any atom is 0.410 e. The fourth-order valence-electron chi connectivity index (χ4n) is 4.22. The van der Waals surface area contributed by atoms with E-state index in [9.17, 15) is 28.8 Å². The topological polar surface area (TPSA) is 224 Å². The van der Waals surface area contributed by atoms with Crippen LogP contribution in [-0.4, -0.2) is 119 Å². The number of carbonyl (C=O) groups is 6. The van der Waals surface area contributed by atoms with Gasteiger partial charge in [0, 0.05) is 65.1 Å². The van der Waals surface area contributed by atoms with E-state index >= 15 is 0 Å². The van der Waals surface area contributed by atoms with E-state index in [-0.39, 0.29) is 55.3 Å². The smallest absolute Gasteiger partial charge is 0.410 e. The molecule has 2 amide bonds. The first-order chi connectivity index (χ1) is 30.1. The molecule has 64 heavy (non-hydrogen) atoms. The number of likely N-dealkylation sites (N-methyl/N-ethyl adjacent to an activating group) is 2. The van der Waals surface area contributed by atoms with E-state index in [2.05, 4.69) is 25.8 Å². The number of nitrogens with one attached hydrogen (secondary N) is 2. The van der Waals surface area contributed by atoms with Crippen molar-refractivity contribution < 1.29 is 65.9 Å². The summed E-state index contributed by atoms with van der Waals surface area (Å²) < 4.78 is 19.2. The Morgan fingerprint density at radius 3 is 1.27 bits per heavy atom. The van der Waals surface area contributed by atoms with Crippen LogP contribution in [0, 0.1) is 0 Å². The number of carbonyl (C=O) groups excluding carboxylic acids is 6. The van der Waals surface area contributed by atoms with Crippen molar-refractivity contribution in [2.45, 2.75) is 73.2 Å². The van der Waals surface area contributed by atoms with Crippen molar-refractivity contribution >= 4 is 46.8 Å². The monoisotopic (exact) mass is 940 g/mol. The third-order valence-corrected chi connectivity index (χ3v) is 7.55. The van der Waals surface area contributed by atoms with Crippen molar-refractivity contribution in [3.8, 4) is 0 Å². The molecule has 0 saturated heterocycles. The first-order valence-electron chi connectivity index (χ1n) is 20.7. The lowest BCUT2D eigenvalue weighted by Crippen LogP contribution is -3.00. The molecule has 3 aromatic rings. The molecule has 0 aliphatic carbocycles. The molecule has 3 aromatic carbocycles. The van der Waals surface area contributed by atoms with E-state index in [1.54, 1.807) is 34.9 Å². The highest BCUT2D eigenvalue weighted by atomic mass is 35.5. The second-order valence-corrected chi connectivity index (χ2v) is 13.6. The Bertz CT molecular complexity index is 1600. The fourth-order valence-corrected chi connectivity index (χ4v) is 4.27. The SMILES string of the molecule is CC(=O)CCCN(C)C(=O)OCc1ccccc1.CCOC(C)=O.CN(CC[NH3+])C(=O)OCc1ccccc1.CNCCCC(C)=O.CNCCN.O=C(Cl)OCc1ccccc1.[Cl-]. The van der Waals surface area contributed by atoms with Crippen molar-refractivity contribution in [1.82, 2.24) is 20.4 Å². The average Bonchev–Trinajstić information content (AvgIpc) is 3.26. The quantitative estimate of drug-likeness (QED) is 0.0588. The maximum atomic E-state index is 11.6. The molecule has 0 aliphatic heterocycles. The predicted octanol–water partition coefficient (Wildman–Crippen LogP) is 3.00. The molecule has 0 fully saturated rings. The number of Topliss-reactive ketones (excluding diaryl/α,β-unsaturated/α-hetero) is 2. The number of hydrogen-bond donors (Lipinski definition) is 4. The summed E-state index contributed by atoms with van der Waals surface area (Å²) in [6, 6.07) is 28.5. The zero-order chi connectivity index (χ0) is 48.1. The Kier molecular flexibility index (Phi) is 48.5. The third-order valence-electron chi connectivity index (χ3n) is 7.44. The molecule has 0 aliphatic rings. The van der Waals surface area contributed by atoms with E-state index in [1.807, 2.05) is 105 Å². The van der Waals surface area contributed by atoms with Gasteiger partial charge in [0.15, 0.2) is 0 Å². The molecule has 0 spiro atoms. The zero-order valence-electron chi connectivity index (χ0n) is 39.1. The molecule has 0 unspecified atom stereocenters. The second kappa shape index (κ2) is 47.4. The van der Waals surface area contributed by atoms with Gasteiger partial charge in [-0.25, -0.2) is 14.4 Å². The van der Waals surface area contributed by atoms with Gasteiger partial charge in [0.25, 0.3) is 0 Å². The summed E-state index contributed by atoms with van der Waals surface area (Å²) in [7, 11) is 7.15. The van der Waals surface area contributed by atoms with Gasteiger partial charge in [-0.2, -0.15) is 0 Å². The Labute approximate surface area is 392 Å². The van der Waals surface area contributed by atoms with E-state index in [1.165, 1.54) is 16.7 Å². The summed E-state index contributed by atoms with van der Waals surface area (Å²) in [5.74, 6) is 0.207. The average molecular weight is 942 g/mol. The number of rotatable bonds is 19. The number of benzene rings is 3. The first kappa shape index (κ1) is 65.5. The van der Waals surface area contributed by atoms with Crippen LogP contribution in [0.4, 0.5) is 14.4 Å². The molecule has 0 atom stereocenters. The first-order valence-corrected chi connectivity index (χ1v) is 21.1. The van der Waals surface area contributed by atoms with Crippen LogP contribution in [0.5, 0.6) is 0 Å². The third kappa shape index (κ3) is 47.9.